The molecule has 1 saturated heterocycles. The van der Waals surface area contributed by atoms with Crippen molar-refractivity contribution in [3.8, 4) is 0 Å². The van der Waals surface area contributed by atoms with E-state index in [1.807, 2.05) is 24.3 Å². The number of rotatable bonds is 4. The van der Waals surface area contributed by atoms with Gasteiger partial charge >= 0.3 is 0 Å². The second kappa shape index (κ2) is 7.33. The molecule has 0 radical (unpaired) electrons. The first-order valence-electron chi connectivity index (χ1n) is 9.57. The van der Waals surface area contributed by atoms with E-state index in [1.54, 1.807) is 24.9 Å². The average Bonchev–Trinajstić information content (AvgIpc) is 3.46. The summed E-state index contributed by atoms with van der Waals surface area (Å²) in [5, 5.41) is 4.82. The summed E-state index contributed by atoms with van der Waals surface area (Å²) in [6.07, 6.45) is 2.29. The summed E-state index contributed by atoms with van der Waals surface area (Å²) in [4.78, 5) is 25.9. The molecule has 0 amide bonds. The van der Waals surface area contributed by atoms with Crippen LogP contribution in [0.25, 0.3) is 11.2 Å². The zero-order valence-electron chi connectivity index (χ0n) is 16.4. The van der Waals surface area contributed by atoms with Gasteiger partial charge in [-0.25, -0.2) is 9.97 Å². The molecular weight excluding hydrogens is 408 g/mol. The highest BCUT2D eigenvalue weighted by molar-refractivity contribution is 6.30. The molecule has 9 nitrogen and oxygen atoms in total. The van der Waals surface area contributed by atoms with Gasteiger partial charge in [0.25, 0.3) is 5.56 Å². The molecule has 4 aromatic rings. The van der Waals surface area contributed by atoms with Crippen LogP contribution in [-0.4, -0.2) is 35.8 Å². The van der Waals surface area contributed by atoms with Gasteiger partial charge in [0.1, 0.15) is 12.4 Å². The number of hydrogen-bond donors (Lipinski definition) is 0. The Hall–Kier alpha value is -3.04. The Bertz CT molecular complexity index is 1280. The van der Waals surface area contributed by atoms with Crippen LogP contribution >= 0.6 is 11.6 Å². The van der Waals surface area contributed by atoms with E-state index < -0.39 is 0 Å². The predicted octanol–water partition coefficient (Wildman–Crippen LogP) is 2.77. The van der Waals surface area contributed by atoms with E-state index in [2.05, 4.69) is 20.1 Å². The van der Waals surface area contributed by atoms with E-state index in [9.17, 15) is 4.79 Å². The van der Waals surface area contributed by atoms with Gasteiger partial charge in [0.15, 0.2) is 17.0 Å². The van der Waals surface area contributed by atoms with Gasteiger partial charge in [-0.3, -0.25) is 9.36 Å². The van der Waals surface area contributed by atoms with Crippen LogP contribution < -0.4 is 5.56 Å². The van der Waals surface area contributed by atoms with E-state index in [-0.39, 0.29) is 24.1 Å². The van der Waals surface area contributed by atoms with Gasteiger partial charge < -0.3 is 13.8 Å². The maximum absolute atomic E-state index is 12.9. The van der Waals surface area contributed by atoms with Crippen LogP contribution in [0.15, 0.2) is 39.9 Å². The Labute approximate surface area is 176 Å². The fourth-order valence-corrected chi connectivity index (χ4v) is 3.90. The molecule has 10 heteroatoms. The lowest BCUT2D eigenvalue weighted by atomic mass is 10.0. The van der Waals surface area contributed by atoms with Crippen LogP contribution in [0.4, 0.5) is 0 Å². The number of ether oxygens (including phenoxy) is 1. The number of aryl methyl sites for hydroxylation is 2. The normalized spacial score (nSPS) is 19.0. The molecule has 0 N–H and O–H groups in total. The summed E-state index contributed by atoms with van der Waals surface area (Å²) in [6, 6.07) is 7.64. The van der Waals surface area contributed by atoms with Crippen molar-refractivity contribution in [3.63, 3.8) is 0 Å². The molecular formula is C20H19ClN6O3. The summed E-state index contributed by atoms with van der Waals surface area (Å²) in [5.41, 5.74) is 1.75. The van der Waals surface area contributed by atoms with Gasteiger partial charge in [-0.15, -0.1) is 0 Å². The zero-order chi connectivity index (χ0) is 20.8. The molecule has 0 saturated carbocycles. The third-order valence-corrected chi connectivity index (χ3v) is 5.66. The number of aromatic nitrogens is 6. The van der Waals surface area contributed by atoms with Crippen LogP contribution in [0.2, 0.25) is 5.02 Å². The highest BCUT2D eigenvalue weighted by atomic mass is 35.5. The van der Waals surface area contributed by atoms with Crippen molar-refractivity contribution in [1.82, 2.24) is 29.2 Å². The average molecular weight is 427 g/mol. The molecule has 5 rings (SSSR count). The zero-order valence-corrected chi connectivity index (χ0v) is 17.2. The molecule has 1 aliphatic rings. The number of halogens is 1. The van der Waals surface area contributed by atoms with Crippen molar-refractivity contribution >= 4 is 22.8 Å². The molecule has 0 aliphatic carbocycles. The van der Waals surface area contributed by atoms with Crippen molar-refractivity contribution in [2.75, 3.05) is 6.61 Å². The lowest BCUT2D eigenvalue weighted by Crippen LogP contribution is -2.25. The maximum Gasteiger partial charge on any atom is 0.280 e. The summed E-state index contributed by atoms with van der Waals surface area (Å²) < 4.78 is 14.5. The van der Waals surface area contributed by atoms with Gasteiger partial charge in [0.2, 0.25) is 5.89 Å². The third kappa shape index (κ3) is 3.29. The Balaban J connectivity index is 1.35. The van der Waals surface area contributed by atoms with Crippen LogP contribution in [0.1, 0.15) is 41.5 Å². The first kappa shape index (κ1) is 19.0. The monoisotopic (exact) mass is 426 g/mol. The Kier molecular flexibility index (Phi) is 4.63. The molecule has 2 atom stereocenters. The number of hydrogen-bond acceptors (Lipinski definition) is 7. The molecule has 0 bridgehead atoms. The summed E-state index contributed by atoms with van der Waals surface area (Å²) in [5.74, 6) is 1.51. The van der Waals surface area contributed by atoms with Crippen molar-refractivity contribution in [2.45, 2.75) is 31.9 Å². The highest BCUT2D eigenvalue weighted by Crippen LogP contribution is 2.37. The van der Waals surface area contributed by atoms with E-state index in [4.69, 9.17) is 20.9 Å². The second-order valence-corrected chi connectivity index (χ2v) is 7.87. The van der Waals surface area contributed by atoms with Crippen molar-refractivity contribution in [2.24, 2.45) is 7.05 Å². The molecule has 154 valence electrons. The summed E-state index contributed by atoms with van der Waals surface area (Å²) in [6.45, 7) is 2.42. The van der Waals surface area contributed by atoms with Crippen molar-refractivity contribution in [3.05, 3.63) is 69.1 Å². The van der Waals surface area contributed by atoms with Crippen LogP contribution in [0, 0.1) is 6.92 Å². The number of fused-ring (bicyclic) bond motifs is 1. The lowest BCUT2D eigenvalue weighted by molar-refractivity contribution is 0.110. The van der Waals surface area contributed by atoms with Crippen LogP contribution in [0.3, 0.4) is 0 Å². The molecule has 1 aliphatic heterocycles. The minimum atomic E-state index is -0.191. The number of nitrogens with zero attached hydrogens (tertiary/aromatic N) is 6. The van der Waals surface area contributed by atoms with Gasteiger partial charge in [0.05, 0.1) is 19.0 Å². The molecule has 1 fully saturated rings. The van der Waals surface area contributed by atoms with E-state index in [0.29, 0.717) is 40.3 Å². The van der Waals surface area contributed by atoms with Crippen LogP contribution in [-0.2, 0) is 18.3 Å². The topological polar surface area (TPSA) is 101 Å². The van der Waals surface area contributed by atoms with Gasteiger partial charge in [-0.05, 0) is 31.0 Å². The first-order valence-corrected chi connectivity index (χ1v) is 9.95. The molecule has 3 aromatic heterocycles. The molecule has 1 aromatic carbocycles. The Morgan fingerprint density at radius 3 is 2.83 bits per heavy atom. The predicted molar refractivity (Wildman–Crippen MR) is 108 cm³/mol. The van der Waals surface area contributed by atoms with E-state index >= 15 is 0 Å². The van der Waals surface area contributed by atoms with Crippen molar-refractivity contribution < 1.29 is 9.26 Å². The minimum Gasteiger partial charge on any atom is -0.373 e. The lowest BCUT2D eigenvalue weighted by Gasteiger charge is -2.09. The second-order valence-electron chi connectivity index (χ2n) is 7.43. The SMILES string of the molecule is Cc1nc2ncn(C)c2c(=O)n1Cc1nc(C2COC(c3ccc(Cl)cc3)C2)no1. The third-order valence-electron chi connectivity index (χ3n) is 5.41. The van der Waals surface area contributed by atoms with Crippen molar-refractivity contribution in [1.29, 1.82) is 0 Å². The standard InChI is InChI=1S/C20H19ClN6O3/c1-11-23-19-17(26(2)10-22-19)20(28)27(11)8-16-24-18(25-30-16)13-7-15(29-9-13)12-3-5-14(21)6-4-12/h3-6,10,13,15H,7-9H2,1-2H3. The maximum atomic E-state index is 12.9. The van der Waals surface area contributed by atoms with Crippen LogP contribution in [0.5, 0.6) is 0 Å². The van der Waals surface area contributed by atoms with E-state index in [1.165, 1.54) is 4.57 Å². The fourth-order valence-electron chi connectivity index (χ4n) is 3.77. The smallest absolute Gasteiger partial charge is 0.280 e. The highest BCUT2D eigenvalue weighted by Gasteiger charge is 2.31. The minimum absolute atomic E-state index is 0.0266. The number of imidazole rings is 1. The first-order chi connectivity index (χ1) is 14.5. The largest absolute Gasteiger partial charge is 0.373 e. The fraction of sp³-hybridized carbons (Fsp3) is 0.350. The van der Waals surface area contributed by atoms with Gasteiger partial charge in [-0.2, -0.15) is 4.98 Å². The molecule has 0 spiro atoms. The molecule has 4 heterocycles. The van der Waals surface area contributed by atoms with E-state index in [0.717, 1.165) is 12.0 Å². The number of benzene rings is 1. The Morgan fingerprint density at radius 1 is 1.23 bits per heavy atom. The van der Waals surface area contributed by atoms with Gasteiger partial charge in [-0.1, -0.05) is 28.9 Å². The quantitative estimate of drug-likeness (QED) is 0.494. The summed E-state index contributed by atoms with van der Waals surface area (Å²) >= 11 is 5.96. The Morgan fingerprint density at radius 2 is 2.03 bits per heavy atom. The van der Waals surface area contributed by atoms with Gasteiger partial charge in [0, 0.05) is 18.0 Å². The molecule has 2 unspecified atom stereocenters. The summed E-state index contributed by atoms with van der Waals surface area (Å²) in [7, 11) is 1.76. The molecule has 30 heavy (non-hydrogen) atoms.